The quantitative estimate of drug-likeness (QED) is 0.604. The molecule has 9 heavy (non-hydrogen) atoms. The molecule has 47 valence electrons. The lowest BCUT2D eigenvalue weighted by molar-refractivity contribution is 1.09. The van der Waals surface area contributed by atoms with E-state index < -0.39 is 0 Å². The van der Waals surface area contributed by atoms with Gasteiger partial charge in [-0.3, -0.25) is 0 Å². The first kappa shape index (κ1) is 6.77. The van der Waals surface area contributed by atoms with Crippen molar-refractivity contribution in [2.45, 2.75) is 13.3 Å². The van der Waals surface area contributed by atoms with E-state index in [1.807, 2.05) is 6.92 Å². The molecule has 0 aliphatic carbocycles. The molecule has 0 amide bonds. The summed E-state index contributed by atoms with van der Waals surface area (Å²) in [6.45, 7) is 1.92. The molecule has 0 fully saturated rings. The van der Waals surface area contributed by atoms with E-state index in [4.69, 9.17) is 0 Å². The Bertz CT molecular complexity index is 206. The van der Waals surface area contributed by atoms with Gasteiger partial charge in [0.1, 0.15) is 10.8 Å². The SMILES string of the molecule is Cc1nc(C[C]=S)ns1. The Morgan fingerprint density at radius 1 is 1.78 bits per heavy atom. The molecule has 0 N–H and O–H groups in total. The first-order chi connectivity index (χ1) is 4.33. The third kappa shape index (κ3) is 1.80. The molecule has 2 nitrogen and oxygen atoms in total. The average Bonchev–Trinajstić information content (AvgIpc) is 2.17. The number of rotatable bonds is 2. The maximum atomic E-state index is 4.52. The van der Waals surface area contributed by atoms with Gasteiger partial charge in [-0.25, -0.2) is 4.98 Å². The van der Waals surface area contributed by atoms with Crippen LogP contribution in [0.15, 0.2) is 0 Å². The molecule has 4 heteroatoms. The summed E-state index contributed by atoms with van der Waals surface area (Å²) in [5.41, 5.74) is 0. The van der Waals surface area contributed by atoms with Crippen molar-refractivity contribution >= 4 is 29.1 Å². The minimum atomic E-state index is 0.583. The molecule has 0 aliphatic rings. The maximum Gasteiger partial charge on any atom is 0.147 e. The summed E-state index contributed by atoms with van der Waals surface area (Å²) in [5, 5.41) is 3.54. The number of aryl methyl sites for hydroxylation is 1. The lowest BCUT2D eigenvalue weighted by Crippen LogP contribution is -1.85. The van der Waals surface area contributed by atoms with Crippen LogP contribution in [-0.2, 0) is 6.42 Å². The molecule has 1 heterocycles. The highest BCUT2D eigenvalue weighted by molar-refractivity contribution is 7.78. The third-order valence-corrected chi connectivity index (χ3v) is 1.60. The van der Waals surface area contributed by atoms with E-state index in [1.54, 1.807) is 0 Å². The van der Waals surface area contributed by atoms with E-state index in [1.165, 1.54) is 11.5 Å². The number of aromatic nitrogens is 2. The summed E-state index contributed by atoms with van der Waals surface area (Å²) in [6.07, 6.45) is 0.583. The first-order valence-electron chi connectivity index (χ1n) is 2.47. The predicted molar refractivity (Wildman–Crippen MR) is 40.9 cm³/mol. The van der Waals surface area contributed by atoms with Gasteiger partial charge in [-0.2, -0.15) is 4.37 Å². The standard InChI is InChI=1S/C5H5N2S2/c1-4-6-5(2-3-8)7-9-4/h2H2,1H3. The molecule has 0 saturated carbocycles. The van der Waals surface area contributed by atoms with Crippen molar-refractivity contribution in [3.63, 3.8) is 0 Å². The van der Waals surface area contributed by atoms with Gasteiger partial charge < -0.3 is 0 Å². The van der Waals surface area contributed by atoms with E-state index in [2.05, 4.69) is 26.9 Å². The summed E-state index contributed by atoms with van der Waals surface area (Å²) in [7, 11) is 0. The van der Waals surface area contributed by atoms with Crippen LogP contribution in [0.5, 0.6) is 0 Å². The highest BCUT2D eigenvalue weighted by Gasteiger charge is 1.95. The van der Waals surface area contributed by atoms with E-state index in [9.17, 15) is 0 Å². The Balaban J connectivity index is 2.72. The minimum absolute atomic E-state index is 0.583. The van der Waals surface area contributed by atoms with Crippen molar-refractivity contribution in [1.29, 1.82) is 0 Å². The summed E-state index contributed by atoms with van der Waals surface area (Å²) in [4.78, 5) is 4.08. The van der Waals surface area contributed by atoms with Crippen LogP contribution in [0.4, 0.5) is 0 Å². The van der Waals surface area contributed by atoms with E-state index in [-0.39, 0.29) is 0 Å². The summed E-state index contributed by atoms with van der Waals surface area (Å²) < 4.78 is 4.01. The highest BCUT2D eigenvalue weighted by atomic mass is 32.1. The molecule has 1 rings (SSSR count). The molecule has 1 aromatic rings. The molecule has 0 saturated heterocycles. The Kier molecular flexibility index (Phi) is 2.24. The first-order valence-corrected chi connectivity index (χ1v) is 3.65. The maximum absolute atomic E-state index is 4.52. The molecule has 0 aromatic carbocycles. The van der Waals surface area contributed by atoms with Crippen LogP contribution in [-0.4, -0.2) is 14.7 Å². The van der Waals surface area contributed by atoms with Crippen LogP contribution in [0, 0.1) is 6.92 Å². The highest BCUT2D eigenvalue weighted by Crippen LogP contribution is 2.01. The second-order valence-electron chi connectivity index (χ2n) is 1.55. The van der Waals surface area contributed by atoms with Gasteiger partial charge in [0, 0.05) is 11.8 Å². The van der Waals surface area contributed by atoms with E-state index in [0.29, 0.717) is 6.42 Å². The number of nitrogens with zero attached hydrogens (tertiary/aromatic N) is 2. The summed E-state index contributed by atoms with van der Waals surface area (Å²) >= 11 is 5.91. The Hall–Kier alpha value is -0.350. The lowest BCUT2D eigenvalue weighted by Gasteiger charge is -1.77. The second kappa shape index (κ2) is 2.98. The number of hydrogen-bond acceptors (Lipinski definition) is 4. The molecule has 1 aromatic heterocycles. The zero-order valence-corrected chi connectivity index (χ0v) is 6.55. The van der Waals surface area contributed by atoms with Crippen molar-refractivity contribution in [2.75, 3.05) is 0 Å². The predicted octanol–water partition coefficient (Wildman–Crippen LogP) is 1.27. The fourth-order valence-corrected chi connectivity index (χ4v) is 1.10. The van der Waals surface area contributed by atoms with E-state index in [0.717, 1.165) is 10.8 Å². The number of thiocarbonyl (C=S) groups is 1. The summed E-state index contributed by atoms with van der Waals surface area (Å²) in [5.74, 6) is 0.785. The molecular weight excluding hydrogens is 152 g/mol. The zero-order valence-electron chi connectivity index (χ0n) is 4.92. The van der Waals surface area contributed by atoms with Gasteiger partial charge in [-0.15, -0.1) is 0 Å². The van der Waals surface area contributed by atoms with Gasteiger partial charge in [0.15, 0.2) is 0 Å². The van der Waals surface area contributed by atoms with Crippen molar-refractivity contribution in [1.82, 2.24) is 9.36 Å². The molecule has 0 aliphatic heterocycles. The Morgan fingerprint density at radius 2 is 2.56 bits per heavy atom. The van der Waals surface area contributed by atoms with Crippen LogP contribution in [0.2, 0.25) is 0 Å². The minimum Gasteiger partial charge on any atom is -0.224 e. The monoisotopic (exact) mass is 157 g/mol. The van der Waals surface area contributed by atoms with Crippen molar-refractivity contribution in [3.8, 4) is 0 Å². The van der Waals surface area contributed by atoms with Gasteiger partial charge in [0.25, 0.3) is 0 Å². The largest absolute Gasteiger partial charge is 0.224 e. The molecule has 0 atom stereocenters. The van der Waals surface area contributed by atoms with Crippen molar-refractivity contribution in [2.24, 2.45) is 0 Å². The third-order valence-electron chi connectivity index (χ3n) is 0.800. The Morgan fingerprint density at radius 3 is 3.00 bits per heavy atom. The van der Waals surface area contributed by atoms with Gasteiger partial charge in [-0.05, 0) is 18.5 Å². The average molecular weight is 157 g/mol. The van der Waals surface area contributed by atoms with Gasteiger partial charge >= 0.3 is 0 Å². The van der Waals surface area contributed by atoms with Gasteiger partial charge in [0.2, 0.25) is 0 Å². The molecule has 0 spiro atoms. The number of hydrogen-bond donors (Lipinski definition) is 0. The van der Waals surface area contributed by atoms with E-state index >= 15 is 0 Å². The van der Waals surface area contributed by atoms with Crippen LogP contribution in [0.25, 0.3) is 0 Å². The topological polar surface area (TPSA) is 25.8 Å². The van der Waals surface area contributed by atoms with Gasteiger partial charge in [0.05, 0.1) is 0 Å². The second-order valence-corrected chi connectivity index (χ2v) is 2.80. The fraction of sp³-hybridized carbons (Fsp3) is 0.400. The lowest BCUT2D eigenvalue weighted by atomic mass is 10.5. The normalized spacial score (nSPS) is 9.44. The van der Waals surface area contributed by atoms with Crippen molar-refractivity contribution < 1.29 is 0 Å². The van der Waals surface area contributed by atoms with Crippen LogP contribution in [0.3, 0.4) is 0 Å². The van der Waals surface area contributed by atoms with Crippen LogP contribution in [0.1, 0.15) is 10.8 Å². The molecule has 1 radical (unpaired) electrons. The molecular formula is C5H5N2S2. The molecule has 0 bridgehead atoms. The summed E-state index contributed by atoms with van der Waals surface area (Å²) in [6, 6.07) is 0. The van der Waals surface area contributed by atoms with Crippen molar-refractivity contribution in [3.05, 3.63) is 10.8 Å². The zero-order chi connectivity index (χ0) is 6.69. The Labute approximate surface area is 63.1 Å². The molecule has 0 unspecified atom stereocenters. The van der Waals surface area contributed by atoms with Crippen LogP contribution >= 0.6 is 23.8 Å². The van der Waals surface area contributed by atoms with Crippen LogP contribution < -0.4 is 0 Å². The smallest absolute Gasteiger partial charge is 0.147 e. The van der Waals surface area contributed by atoms with Gasteiger partial charge in [-0.1, -0.05) is 12.2 Å². The fourth-order valence-electron chi connectivity index (χ4n) is 0.478.